The van der Waals surface area contributed by atoms with Crippen molar-refractivity contribution >= 4 is 15.9 Å². The first-order chi connectivity index (χ1) is 9.20. The summed E-state index contributed by atoms with van der Waals surface area (Å²) in [6.07, 6.45) is 5.58. The molecule has 1 saturated carbocycles. The zero-order valence-electron chi connectivity index (χ0n) is 11.5. The fourth-order valence-electron chi connectivity index (χ4n) is 3.11. The van der Waals surface area contributed by atoms with Crippen molar-refractivity contribution in [3.8, 4) is 0 Å². The fourth-order valence-corrected chi connectivity index (χ4v) is 3.37. The maximum absolute atomic E-state index is 6.09. The van der Waals surface area contributed by atoms with Gasteiger partial charge in [0.05, 0.1) is 11.6 Å². The number of benzene rings is 1. The molecule has 0 aromatic heterocycles. The van der Waals surface area contributed by atoms with Gasteiger partial charge in [-0.1, -0.05) is 40.9 Å². The van der Waals surface area contributed by atoms with Gasteiger partial charge in [0.2, 0.25) is 0 Å². The third kappa shape index (κ3) is 3.57. The van der Waals surface area contributed by atoms with Crippen LogP contribution in [0.4, 0.5) is 0 Å². The lowest BCUT2D eigenvalue weighted by Gasteiger charge is -2.37. The molecule has 0 bridgehead atoms. The van der Waals surface area contributed by atoms with E-state index in [2.05, 4.69) is 52.5 Å². The zero-order valence-corrected chi connectivity index (χ0v) is 13.1. The number of rotatable bonds is 6. The Bertz CT molecular complexity index is 388. The van der Waals surface area contributed by atoms with Crippen LogP contribution in [0.3, 0.4) is 0 Å². The molecule has 0 spiro atoms. The van der Waals surface area contributed by atoms with Crippen LogP contribution in [0.15, 0.2) is 28.7 Å². The second-order valence-electron chi connectivity index (χ2n) is 5.25. The van der Waals surface area contributed by atoms with E-state index in [1.54, 1.807) is 0 Å². The summed E-state index contributed by atoms with van der Waals surface area (Å²) in [5.41, 5.74) is 4.20. The summed E-state index contributed by atoms with van der Waals surface area (Å²) in [6, 6.07) is 8.61. The number of halogens is 1. The first kappa shape index (κ1) is 15.0. The Morgan fingerprint density at radius 1 is 1.32 bits per heavy atom. The molecule has 19 heavy (non-hydrogen) atoms. The largest absolute Gasteiger partial charge is 0.374 e. The Balaban J connectivity index is 2.11. The minimum absolute atomic E-state index is 0.0867. The van der Waals surface area contributed by atoms with Gasteiger partial charge in [0.1, 0.15) is 0 Å². The first-order valence-corrected chi connectivity index (χ1v) is 7.84. The Morgan fingerprint density at radius 2 is 1.95 bits per heavy atom. The highest BCUT2D eigenvalue weighted by Crippen LogP contribution is 2.37. The minimum atomic E-state index is -0.0867. The van der Waals surface area contributed by atoms with Gasteiger partial charge in [0, 0.05) is 11.1 Å². The van der Waals surface area contributed by atoms with Crippen LogP contribution in [0.1, 0.15) is 38.2 Å². The van der Waals surface area contributed by atoms with Crippen LogP contribution in [0.5, 0.6) is 0 Å². The van der Waals surface area contributed by atoms with E-state index in [1.165, 1.54) is 18.4 Å². The second-order valence-corrected chi connectivity index (χ2v) is 6.17. The Labute approximate surface area is 124 Å². The van der Waals surface area contributed by atoms with Crippen LogP contribution in [-0.4, -0.2) is 18.2 Å². The molecule has 0 amide bonds. The lowest BCUT2D eigenvalue weighted by molar-refractivity contribution is -0.0613. The van der Waals surface area contributed by atoms with E-state index in [-0.39, 0.29) is 11.6 Å². The molecule has 0 radical (unpaired) electrons. The van der Waals surface area contributed by atoms with Crippen molar-refractivity contribution < 1.29 is 4.74 Å². The van der Waals surface area contributed by atoms with E-state index in [1.807, 2.05) is 0 Å². The van der Waals surface area contributed by atoms with Gasteiger partial charge in [-0.05, 0) is 43.9 Å². The number of hydrogen-bond acceptors (Lipinski definition) is 3. The molecule has 1 aromatic carbocycles. The lowest BCUT2D eigenvalue weighted by atomic mass is 9.87. The Hall–Kier alpha value is -0.420. The average Bonchev–Trinajstić information content (AvgIpc) is 2.88. The SMILES string of the molecule is CCOC1(C(Cc2ccc(Br)cc2)NN)CCCC1. The maximum atomic E-state index is 6.09. The summed E-state index contributed by atoms with van der Waals surface area (Å²) in [6.45, 7) is 2.81. The third-order valence-electron chi connectivity index (χ3n) is 4.07. The normalized spacial score (nSPS) is 19.5. The Kier molecular flexibility index (Phi) is 5.39. The van der Waals surface area contributed by atoms with E-state index in [4.69, 9.17) is 10.6 Å². The molecular formula is C15H23BrN2O. The van der Waals surface area contributed by atoms with E-state index in [0.717, 1.165) is 30.3 Å². The van der Waals surface area contributed by atoms with Gasteiger partial charge >= 0.3 is 0 Å². The third-order valence-corrected chi connectivity index (χ3v) is 4.60. The van der Waals surface area contributed by atoms with E-state index < -0.39 is 0 Å². The van der Waals surface area contributed by atoms with E-state index in [0.29, 0.717) is 0 Å². The van der Waals surface area contributed by atoms with Crippen LogP contribution in [-0.2, 0) is 11.2 Å². The molecule has 0 heterocycles. The van der Waals surface area contributed by atoms with Gasteiger partial charge in [-0.15, -0.1) is 0 Å². The molecule has 2 rings (SSSR count). The van der Waals surface area contributed by atoms with Crippen LogP contribution < -0.4 is 11.3 Å². The second kappa shape index (κ2) is 6.84. The molecule has 106 valence electrons. The molecule has 1 atom stereocenters. The molecule has 1 aliphatic carbocycles. The van der Waals surface area contributed by atoms with Crippen molar-refractivity contribution in [2.24, 2.45) is 5.84 Å². The molecule has 1 fully saturated rings. The van der Waals surface area contributed by atoms with Crippen LogP contribution in [0.2, 0.25) is 0 Å². The number of nitrogens with two attached hydrogens (primary N) is 1. The lowest BCUT2D eigenvalue weighted by Crippen LogP contribution is -2.54. The summed E-state index contributed by atoms with van der Waals surface area (Å²) in [4.78, 5) is 0. The van der Waals surface area contributed by atoms with Crippen molar-refractivity contribution in [1.82, 2.24) is 5.43 Å². The monoisotopic (exact) mass is 326 g/mol. The summed E-state index contributed by atoms with van der Waals surface area (Å²) in [5, 5.41) is 0. The molecule has 3 nitrogen and oxygen atoms in total. The number of nitrogens with one attached hydrogen (secondary N) is 1. The van der Waals surface area contributed by atoms with Crippen molar-refractivity contribution in [1.29, 1.82) is 0 Å². The van der Waals surface area contributed by atoms with Gasteiger partial charge in [-0.3, -0.25) is 11.3 Å². The highest BCUT2D eigenvalue weighted by molar-refractivity contribution is 9.10. The molecule has 3 N–H and O–H groups in total. The van der Waals surface area contributed by atoms with Gasteiger partial charge in [0.15, 0.2) is 0 Å². The van der Waals surface area contributed by atoms with Gasteiger partial charge in [-0.25, -0.2) is 0 Å². The minimum Gasteiger partial charge on any atom is -0.374 e. The topological polar surface area (TPSA) is 47.3 Å². The Morgan fingerprint density at radius 3 is 2.47 bits per heavy atom. The van der Waals surface area contributed by atoms with Crippen LogP contribution >= 0.6 is 15.9 Å². The van der Waals surface area contributed by atoms with Crippen molar-refractivity contribution in [2.75, 3.05) is 6.61 Å². The standard InChI is InChI=1S/C15H23BrN2O/c1-2-19-15(9-3-4-10-15)14(18-17)11-12-5-7-13(16)8-6-12/h5-8,14,18H,2-4,9-11,17H2,1H3. The van der Waals surface area contributed by atoms with Crippen molar-refractivity contribution in [3.63, 3.8) is 0 Å². The molecule has 0 saturated heterocycles. The van der Waals surface area contributed by atoms with Gasteiger partial charge < -0.3 is 4.74 Å². The highest BCUT2D eigenvalue weighted by atomic mass is 79.9. The quantitative estimate of drug-likeness (QED) is 0.623. The predicted molar refractivity (Wildman–Crippen MR) is 81.8 cm³/mol. The summed E-state index contributed by atoms with van der Waals surface area (Å²) in [7, 11) is 0. The van der Waals surface area contributed by atoms with Crippen molar-refractivity contribution in [3.05, 3.63) is 34.3 Å². The van der Waals surface area contributed by atoms with E-state index >= 15 is 0 Å². The van der Waals surface area contributed by atoms with Gasteiger partial charge in [-0.2, -0.15) is 0 Å². The molecule has 4 heteroatoms. The average molecular weight is 327 g/mol. The van der Waals surface area contributed by atoms with Crippen molar-refractivity contribution in [2.45, 2.75) is 50.7 Å². The first-order valence-electron chi connectivity index (χ1n) is 7.05. The smallest absolute Gasteiger partial charge is 0.0851 e. The van der Waals surface area contributed by atoms with E-state index in [9.17, 15) is 0 Å². The number of ether oxygens (including phenoxy) is 1. The molecule has 1 aliphatic rings. The highest BCUT2D eigenvalue weighted by Gasteiger charge is 2.41. The summed E-state index contributed by atoms with van der Waals surface area (Å²) >= 11 is 3.47. The zero-order chi connectivity index (χ0) is 13.7. The molecule has 1 unspecified atom stereocenters. The molecule has 0 aliphatic heterocycles. The number of hydrogen-bond donors (Lipinski definition) is 2. The predicted octanol–water partition coefficient (Wildman–Crippen LogP) is 3.17. The summed E-state index contributed by atoms with van der Waals surface area (Å²) in [5.74, 6) is 5.81. The van der Waals surface area contributed by atoms with Crippen LogP contribution in [0, 0.1) is 0 Å². The molecule has 1 aromatic rings. The van der Waals surface area contributed by atoms with Gasteiger partial charge in [0.25, 0.3) is 0 Å². The maximum Gasteiger partial charge on any atom is 0.0851 e. The van der Waals surface area contributed by atoms with Crippen LogP contribution in [0.25, 0.3) is 0 Å². The number of hydrazine groups is 1. The molecular weight excluding hydrogens is 304 g/mol. The fraction of sp³-hybridized carbons (Fsp3) is 0.600. The summed E-state index contributed by atoms with van der Waals surface area (Å²) < 4.78 is 7.19.